The van der Waals surface area contributed by atoms with Crippen LogP contribution in [0.25, 0.3) is 21.0 Å². The third-order valence-electron chi connectivity index (χ3n) is 5.66. The Morgan fingerprint density at radius 3 is 2.79 bits per heavy atom. The predicted molar refractivity (Wildman–Crippen MR) is 115 cm³/mol. The van der Waals surface area contributed by atoms with E-state index in [2.05, 4.69) is 54.5 Å². The van der Waals surface area contributed by atoms with E-state index >= 15 is 0 Å². The first-order valence-electron chi connectivity index (χ1n) is 10.00. The third-order valence-corrected chi connectivity index (χ3v) is 6.85. The van der Waals surface area contributed by atoms with Gasteiger partial charge in [-0.15, -0.1) is 11.3 Å². The van der Waals surface area contributed by atoms with Gasteiger partial charge in [-0.1, -0.05) is 36.4 Å². The Morgan fingerprint density at radius 2 is 1.89 bits per heavy atom. The Labute approximate surface area is 167 Å². The lowest BCUT2D eigenvalue weighted by Crippen LogP contribution is -3.06. The largest absolute Gasteiger partial charge is 0.327 e. The number of aromatic nitrogens is 2. The van der Waals surface area contributed by atoms with Crippen molar-refractivity contribution in [2.45, 2.75) is 38.8 Å². The van der Waals surface area contributed by atoms with Crippen LogP contribution in [0.2, 0.25) is 0 Å². The van der Waals surface area contributed by atoms with Crippen molar-refractivity contribution in [3.05, 3.63) is 74.6 Å². The highest BCUT2D eigenvalue weighted by Gasteiger charge is 2.20. The van der Waals surface area contributed by atoms with Gasteiger partial charge in [-0.25, -0.2) is 4.98 Å². The molecule has 2 N–H and O–H groups in total. The number of thiophene rings is 1. The monoisotopic (exact) mass is 390 g/mol. The molecule has 4 aromatic rings. The Kier molecular flexibility index (Phi) is 4.49. The summed E-state index contributed by atoms with van der Waals surface area (Å²) in [6.07, 6.45) is 4.52. The first-order valence-corrected chi connectivity index (χ1v) is 10.8. The summed E-state index contributed by atoms with van der Waals surface area (Å²) in [5.41, 5.74) is 2.59. The number of quaternary nitrogens is 1. The number of fused-ring (bicyclic) bond motifs is 4. The number of hydrogen-bond acceptors (Lipinski definition) is 3. The maximum absolute atomic E-state index is 12.7. The zero-order chi connectivity index (χ0) is 19.1. The van der Waals surface area contributed by atoms with Crippen LogP contribution in [0.3, 0.4) is 0 Å². The first-order chi connectivity index (χ1) is 13.7. The topological polar surface area (TPSA) is 50.2 Å². The second-order valence-electron chi connectivity index (χ2n) is 7.90. The Bertz CT molecular complexity index is 1220. The van der Waals surface area contributed by atoms with Gasteiger partial charge < -0.3 is 9.88 Å². The van der Waals surface area contributed by atoms with E-state index < -0.39 is 0 Å². The molecule has 2 heterocycles. The van der Waals surface area contributed by atoms with Gasteiger partial charge in [0.05, 0.1) is 12.4 Å². The van der Waals surface area contributed by atoms with E-state index in [-0.39, 0.29) is 5.56 Å². The second kappa shape index (κ2) is 7.15. The number of aromatic amines is 1. The molecule has 0 bridgehead atoms. The normalized spacial score (nSPS) is 15.0. The van der Waals surface area contributed by atoms with Crippen molar-refractivity contribution in [3.8, 4) is 0 Å². The number of benzene rings is 2. The Morgan fingerprint density at radius 1 is 1.07 bits per heavy atom. The summed E-state index contributed by atoms with van der Waals surface area (Å²) >= 11 is 1.72. The Hall–Kier alpha value is -2.50. The molecular weight excluding hydrogens is 366 g/mol. The molecule has 2 aromatic carbocycles. The van der Waals surface area contributed by atoms with Gasteiger partial charge in [-0.05, 0) is 48.1 Å². The van der Waals surface area contributed by atoms with Gasteiger partial charge in [0, 0.05) is 10.4 Å². The summed E-state index contributed by atoms with van der Waals surface area (Å²) in [6.45, 7) is 1.61. The SMILES string of the molecule is C[NH+](Cc1ccc2ccccc2c1)Cc1nc2sc3c(c2c(=O)[nH]1)CCCC3. The fourth-order valence-electron chi connectivity index (χ4n) is 4.34. The summed E-state index contributed by atoms with van der Waals surface area (Å²) in [5.74, 6) is 0.786. The smallest absolute Gasteiger partial charge is 0.260 e. The molecule has 142 valence electrons. The molecule has 0 saturated heterocycles. The summed E-state index contributed by atoms with van der Waals surface area (Å²) in [4.78, 5) is 24.2. The number of aryl methyl sites for hydroxylation is 2. The second-order valence-corrected chi connectivity index (χ2v) is 8.98. The van der Waals surface area contributed by atoms with Crippen LogP contribution < -0.4 is 10.5 Å². The van der Waals surface area contributed by atoms with Crippen molar-refractivity contribution < 1.29 is 4.90 Å². The third kappa shape index (κ3) is 3.25. The van der Waals surface area contributed by atoms with Gasteiger partial charge in [0.25, 0.3) is 5.56 Å². The molecule has 5 heteroatoms. The lowest BCUT2D eigenvalue weighted by Gasteiger charge is -2.14. The lowest BCUT2D eigenvalue weighted by atomic mass is 9.97. The van der Waals surface area contributed by atoms with E-state index in [1.165, 1.54) is 44.5 Å². The van der Waals surface area contributed by atoms with Gasteiger partial charge in [0.2, 0.25) is 0 Å². The molecule has 1 aliphatic carbocycles. The highest BCUT2D eigenvalue weighted by Crippen LogP contribution is 2.33. The summed E-state index contributed by atoms with van der Waals surface area (Å²) < 4.78 is 0. The fourth-order valence-corrected chi connectivity index (χ4v) is 5.62. The maximum Gasteiger partial charge on any atom is 0.260 e. The van der Waals surface area contributed by atoms with Crippen molar-refractivity contribution in [1.82, 2.24) is 9.97 Å². The zero-order valence-corrected chi connectivity index (χ0v) is 16.9. The van der Waals surface area contributed by atoms with Crippen LogP contribution in [-0.4, -0.2) is 17.0 Å². The minimum absolute atomic E-state index is 0.0397. The quantitative estimate of drug-likeness (QED) is 0.562. The number of hydrogen-bond donors (Lipinski definition) is 2. The van der Waals surface area contributed by atoms with E-state index in [1.807, 2.05) is 0 Å². The molecule has 5 rings (SSSR count). The van der Waals surface area contributed by atoms with Crippen molar-refractivity contribution in [2.24, 2.45) is 0 Å². The van der Waals surface area contributed by atoms with Crippen molar-refractivity contribution in [2.75, 3.05) is 7.05 Å². The number of H-pyrrole nitrogens is 1. The summed E-state index contributed by atoms with van der Waals surface area (Å²) in [7, 11) is 2.15. The average Bonchev–Trinajstić information content (AvgIpc) is 3.06. The van der Waals surface area contributed by atoms with Crippen LogP contribution in [0.1, 0.15) is 34.7 Å². The van der Waals surface area contributed by atoms with Gasteiger partial charge in [0.15, 0.2) is 5.82 Å². The molecule has 1 atom stereocenters. The number of rotatable bonds is 4. The molecular formula is C23H24N3OS+. The van der Waals surface area contributed by atoms with Crippen LogP contribution in [0.5, 0.6) is 0 Å². The minimum Gasteiger partial charge on any atom is -0.327 e. The molecule has 0 fully saturated rings. The number of nitrogens with zero attached hydrogens (tertiary/aromatic N) is 1. The van der Waals surface area contributed by atoms with Crippen LogP contribution in [0, 0.1) is 0 Å². The van der Waals surface area contributed by atoms with E-state index in [0.717, 1.165) is 35.4 Å². The van der Waals surface area contributed by atoms with Crippen LogP contribution in [0.15, 0.2) is 47.3 Å². The fraction of sp³-hybridized carbons (Fsp3) is 0.304. The van der Waals surface area contributed by atoms with Crippen molar-refractivity contribution in [3.63, 3.8) is 0 Å². The molecule has 2 aromatic heterocycles. The minimum atomic E-state index is 0.0397. The standard InChI is InChI=1S/C23H23N3OS/c1-26(13-15-10-11-16-6-2-3-7-17(16)12-15)14-20-24-22(27)21-18-8-4-5-9-19(18)28-23(21)25-20/h2-3,6-7,10-12H,4-5,8-9,13-14H2,1H3,(H,24,25,27)/p+1. The van der Waals surface area contributed by atoms with E-state index in [0.29, 0.717) is 6.54 Å². The molecule has 0 amide bonds. The van der Waals surface area contributed by atoms with Gasteiger partial charge in [-0.2, -0.15) is 0 Å². The molecule has 0 radical (unpaired) electrons. The van der Waals surface area contributed by atoms with Crippen LogP contribution >= 0.6 is 11.3 Å². The lowest BCUT2D eigenvalue weighted by molar-refractivity contribution is -0.908. The van der Waals surface area contributed by atoms with Gasteiger partial charge >= 0.3 is 0 Å². The molecule has 4 nitrogen and oxygen atoms in total. The van der Waals surface area contributed by atoms with E-state index in [9.17, 15) is 4.79 Å². The molecule has 28 heavy (non-hydrogen) atoms. The number of nitrogens with one attached hydrogen (secondary N) is 2. The van der Waals surface area contributed by atoms with Crippen molar-refractivity contribution in [1.29, 1.82) is 0 Å². The molecule has 0 saturated carbocycles. The zero-order valence-electron chi connectivity index (χ0n) is 16.0. The first kappa shape index (κ1) is 17.6. The van der Waals surface area contributed by atoms with Crippen LogP contribution in [-0.2, 0) is 25.9 Å². The summed E-state index contributed by atoms with van der Waals surface area (Å²) in [6, 6.07) is 15.1. The molecule has 0 aliphatic heterocycles. The molecule has 0 spiro atoms. The van der Waals surface area contributed by atoms with E-state index in [1.54, 1.807) is 11.3 Å². The van der Waals surface area contributed by atoms with Gasteiger partial charge in [-0.3, -0.25) is 4.79 Å². The average molecular weight is 391 g/mol. The summed E-state index contributed by atoms with van der Waals surface area (Å²) in [5, 5.41) is 3.38. The van der Waals surface area contributed by atoms with Crippen LogP contribution in [0.4, 0.5) is 0 Å². The van der Waals surface area contributed by atoms with Gasteiger partial charge in [0.1, 0.15) is 17.9 Å². The highest BCUT2D eigenvalue weighted by atomic mass is 32.1. The highest BCUT2D eigenvalue weighted by molar-refractivity contribution is 7.18. The van der Waals surface area contributed by atoms with Crippen molar-refractivity contribution >= 4 is 32.3 Å². The Balaban J connectivity index is 1.38. The predicted octanol–water partition coefficient (Wildman–Crippen LogP) is 3.23. The molecule has 1 unspecified atom stereocenters. The maximum atomic E-state index is 12.7. The van der Waals surface area contributed by atoms with E-state index in [4.69, 9.17) is 4.98 Å². The molecule has 1 aliphatic rings.